The first-order valence-corrected chi connectivity index (χ1v) is 7.44. The summed E-state index contributed by atoms with van der Waals surface area (Å²) in [4.78, 5) is 12.5. The van der Waals surface area contributed by atoms with Crippen molar-refractivity contribution in [1.29, 1.82) is 0 Å². The van der Waals surface area contributed by atoms with E-state index in [2.05, 4.69) is 26.3 Å². The number of carbonyl (C=O) groups is 1. The summed E-state index contributed by atoms with van der Waals surface area (Å²) >= 11 is 3.47. The number of hydrogen-bond acceptors (Lipinski definition) is 3. The molecule has 0 bridgehead atoms. The summed E-state index contributed by atoms with van der Waals surface area (Å²) in [5, 5.41) is 16.1. The number of nitrogens with one attached hydrogen (secondary N) is 1. The Bertz CT molecular complexity index is 680. The van der Waals surface area contributed by atoms with Crippen molar-refractivity contribution in [2.75, 3.05) is 11.9 Å². The Kier molecular flexibility index (Phi) is 4.80. The Morgan fingerprint density at radius 1 is 1.29 bits per heavy atom. The van der Waals surface area contributed by atoms with E-state index in [0.717, 1.165) is 26.9 Å². The highest BCUT2D eigenvalue weighted by Gasteiger charge is 2.17. The molecule has 6 heteroatoms. The molecule has 0 aliphatic carbocycles. The highest BCUT2D eigenvalue weighted by molar-refractivity contribution is 9.10. The number of nitrogens with zero attached hydrogens (tertiary/aromatic N) is 2. The van der Waals surface area contributed by atoms with E-state index in [0.29, 0.717) is 12.2 Å². The highest BCUT2D eigenvalue weighted by atomic mass is 79.9. The molecule has 0 atom stereocenters. The van der Waals surface area contributed by atoms with Crippen LogP contribution >= 0.6 is 15.9 Å². The van der Waals surface area contributed by atoms with Gasteiger partial charge in [-0.25, -0.2) is 0 Å². The molecule has 2 rings (SSSR count). The molecule has 0 aliphatic rings. The number of hydrogen-bond donors (Lipinski definition) is 2. The van der Waals surface area contributed by atoms with Crippen molar-refractivity contribution in [3.8, 4) is 0 Å². The second-order valence-electron chi connectivity index (χ2n) is 4.99. The molecule has 0 radical (unpaired) electrons. The van der Waals surface area contributed by atoms with Crippen molar-refractivity contribution >= 4 is 27.5 Å². The second kappa shape index (κ2) is 6.41. The van der Waals surface area contributed by atoms with Crippen molar-refractivity contribution in [3.05, 3.63) is 45.2 Å². The van der Waals surface area contributed by atoms with Crippen LogP contribution in [0.25, 0.3) is 0 Å². The number of aryl methyl sites for hydroxylation is 3. The normalized spacial score (nSPS) is 10.7. The van der Waals surface area contributed by atoms with Gasteiger partial charge < -0.3 is 10.4 Å². The number of halogens is 1. The molecule has 2 N–H and O–H groups in total. The quantitative estimate of drug-likeness (QED) is 0.889. The maximum absolute atomic E-state index is 12.5. The van der Waals surface area contributed by atoms with Crippen LogP contribution < -0.4 is 5.32 Å². The van der Waals surface area contributed by atoms with Crippen LogP contribution in [-0.4, -0.2) is 27.4 Å². The average molecular weight is 352 g/mol. The van der Waals surface area contributed by atoms with Crippen LogP contribution in [0, 0.1) is 20.8 Å². The Labute approximate surface area is 132 Å². The Balaban J connectivity index is 2.30. The zero-order valence-corrected chi connectivity index (χ0v) is 13.9. The summed E-state index contributed by atoms with van der Waals surface area (Å²) in [6, 6.07) is 3.90. The van der Waals surface area contributed by atoms with E-state index in [1.54, 1.807) is 6.20 Å². The summed E-state index contributed by atoms with van der Waals surface area (Å²) in [5.41, 5.74) is 4.07. The first-order valence-electron chi connectivity index (χ1n) is 6.65. The minimum Gasteiger partial charge on any atom is -0.394 e. The van der Waals surface area contributed by atoms with Crippen LogP contribution in [-0.2, 0) is 6.54 Å². The minimum absolute atomic E-state index is 0.0577. The van der Waals surface area contributed by atoms with Crippen molar-refractivity contribution in [2.24, 2.45) is 0 Å². The summed E-state index contributed by atoms with van der Waals surface area (Å²) < 4.78 is 2.53. The predicted octanol–water partition coefficient (Wildman–Crippen LogP) is 2.82. The third-order valence-corrected chi connectivity index (χ3v) is 4.16. The van der Waals surface area contributed by atoms with E-state index in [1.807, 2.05) is 32.9 Å². The third-order valence-electron chi connectivity index (χ3n) is 3.30. The SMILES string of the molecule is Cc1cc(NC(=O)c2c(C)cnn2CCO)c(C)cc1Br. The fraction of sp³-hybridized carbons (Fsp3) is 0.333. The highest BCUT2D eigenvalue weighted by Crippen LogP contribution is 2.25. The molecule has 21 heavy (non-hydrogen) atoms. The fourth-order valence-electron chi connectivity index (χ4n) is 2.14. The lowest BCUT2D eigenvalue weighted by atomic mass is 10.1. The topological polar surface area (TPSA) is 67.2 Å². The van der Waals surface area contributed by atoms with Gasteiger partial charge in [-0.2, -0.15) is 5.10 Å². The summed E-state index contributed by atoms with van der Waals surface area (Å²) in [6.07, 6.45) is 1.63. The molecule has 0 unspecified atom stereocenters. The average Bonchev–Trinajstić information content (AvgIpc) is 2.77. The zero-order chi connectivity index (χ0) is 15.6. The molecule has 0 fully saturated rings. The summed E-state index contributed by atoms with van der Waals surface area (Å²) in [6.45, 7) is 5.99. The lowest BCUT2D eigenvalue weighted by Crippen LogP contribution is -2.20. The van der Waals surface area contributed by atoms with E-state index in [1.165, 1.54) is 4.68 Å². The van der Waals surface area contributed by atoms with E-state index in [9.17, 15) is 4.79 Å². The van der Waals surface area contributed by atoms with Gasteiger partial charge in [0.15, 0.2) is 0 Å². The van der Waals surface area contributed by atoms with Crippen molar-refractivity contribution in [2.45, 2.75) is 27.3 Å². The molecule has 1 aromatic heterocycles. The van der Waals surface area contributed by atoms with Gasteiger partial charge in [0.05, 0.1) is 19.3 Å². The predicted molar refractivity (Wildman–Crippen MR) is 85.6 cm³/mol. The standard InChI is InChI=1S/C15H18BrN3O2/c1-9-7-13(10(2)6-12(9)16)18-15(21)14-11(3)8-17-19(14)4-5-20/h6-8,20H,4-5H2,1-3H3,(H,18,21). The molecule has 112 valence electrons. The monoisotopic (exact) mass is 351 g/mol. The first-order chi connectivity index (χ1) is 9.93. The number of aromatic nitrogens is 2. The molecule has 1 heterocycles. The van der Waals surface area contributed by atoms with E-state index in [4.69, 9.17) is 5.11 Å². The third kappa shape index (κ3) is 3.33. The molecule has 0 aliphatic heterocycles. The number of aliphatic hydroxyl groups is 1. The van der Waals surface area contributed by atoms with Crippen LogP contribution in [0.5, 0.6) is 0 Å². The molecular formula is C15H18BrN3O2. The fourth-order valence-corrected chi connectivity index (χ4v) is 2.59. The van der Waals surface area contributed by atoms with Gasteiger partial charge in [0, 0.05) is 10.2 Å². The van der Waals surface area contributed by atoms with Gasteiger partial charge in [-0.3, -0.25) is 9.48 Å². The van der Waals surface area contributed by atoms with Crippen molar-refractivity contribution in [3.63, 3.8) is 0 Å². The lowest BCUT2D eigenvalue weighted by molar-refractivity contribution is 0.101. The Morgan fingerprint density at radius 2 is 2.00 bits per heavy atom. The van der Waals surface area contributed by atoms with Crippen LogP contribution in [0.1, 0.15) is 27.2 Å². The Hall–Kier alpha value is -1.66. The van der Waals surface area contributed by atoms with Gasteiger partial charge in [-0.1, -0.05) is 15.9 Å². The molecule has 1 aromatic carbocycles. The smallest absolute Gasteiger partial charge is 0.274 e. The van der Waals surface area contributed by atoms with Gasteiger partial charge in [-0.05, 0) is 49.6 Å². The van der Waals surface area contributed by atoms with Gasteiger partial charge in [-0.15, -0.1) is 0 Å². The van der Waals surface area contributed by atoms with Crippen LogP contribution in [0.3, 0.4) is 0 Å². The van der Waals surface area contributed by atoms with Gasteiger partial charge in [0.1, 0.15) is 5.69 Å². The van der Waals surface area contributed by atoms with E-state index in [-0.39, 0.29) is 12.5 Å². The number of amides is 1. The zero-order valence-electron chi connectivity index (χ0n) is 12.3. The van der Waals surface area contributed by atoms with Crippen molar-refractivity contribution < 1.29 is 9.90 Å². The van der Waals surface area contributed by atoms with Crippen LogP contribution in [0.15, 0.2) is 22.8 Å². The molecule has 2 aromatic rings. The lowest BCUT2D eigenvalue weighted by Gasteiger charge is -2.12. The van der Waals surface area contributed by atoms with E-state index >= 15 is 0 Å². The first kappa shape index (κ1) is 15.7. The summed E-state index contributed by atoms with van der Waals surface area (Å²) in [7, 11) is 0. The van der Waals surface area contributed by atoms with Crippen molar-refractivity contribution in [1.82, 2.24) is 9.78 Å². The van der Waals surface area contributed by atoms with Gasteiger partial charge >= 0.3 is 0 Å². The largest absolute Gasteiger partial charge is 0.394 e. The number of benzene rings is 1. The number of carbonyl (C=O) groups excluding carboxylic acids is 1. The number of aliphatic hydroxyl groups excluding tert-OH is 1. The maximum atomic E-state index is 12.5. The van der Waals surface area contributed by atoms with E-state index < -0.39 is 0 Å². The van der Waals surface area contributed by atoms with Gasteiger partial charge in [0.2, 0.25) is 0 Å². The van der Waals surface area contributed by atoms with Crippen LogP contribution in [0.2, 0.25) is 0 Å². The second-order valence-corrected chi connectivity index (χ2v) is 5.85. The molecule has 0 spiro atoms. The maximum Gasteiger partial charge on any atom is 0.274 e. The number of anilines is 1. The minimum atomic E-state index is -0.219. The molecular weight excluding hydrogens is 334 g/mol. The molecule has 1 amide bonds. The molecule has 0 saturated heterocycles. The number of rotatable bonds is 4. The summed E-state index contributed by atoms with van der Waals surface area (Å²) in [5.74, 6) is -0.219. The van der Waals surface area contributed by atoms with Crippen LogP contribution in [0.4, 0.5) is 5.69 Å². The van der Waals surface area contributed by atoms with Gasteiger partial charge in [0.25, 0.3) is 5.91 Å². The molecule has 5 nitrogen and oxygen atoms in total. The molecule has 0 saturated carbocycles. The Morgan fingerprint density at radius 3 is 2.67 bits per heavy atom.